The quantitative estimate of drug-likeness (QED) is 0.158. The van der Waals surface area contributed by atoms with Crippen LogP contribution in [0.3, 0.4) is 0 Å². The second-order valence-electron chi connectivity index (χ2n) is 22.8. The van der Waals surface area contributed by atoms with Gasteiger partial charge in [0.25, 0.3) is 0 Å². The fourth-order valence-corrected chi connectivity index (χ4v) is 28.7. The molecule has 8 aromatic carbocycles. The first-order valence-corrected chi connectivity index (χ1v) is 36.0. The van der Waals surface area contributed by atoms with Crippen LogP contribution in [0, 0.1) is 41.5 Å². The van der Waals surface area contributed by atoms with E-state index in [4.69, 9.17) is 4.42 Å². The van der Waals surface area contributed by atoms with Crippen molar-refractivity contribution in [3.8, 4) is 21.1 Å². The third-order valence-electron chi connectivity index (χ3n) is 17.3. The minimum Gasteiger partial charge on any atom is -0.307 e. The molecule has 392 valence electrons. The van der Waals surface area contributed by atoms with Crippen molar-refractivity contribution < 1.29 is 4.42 Å². The van der Waals surface area contributed by atoms with E-state index in [-0.39, 0.29) is 0 Å². The smallest absolute Gasteiger partial charge is 0.0829 e. The summed E-state index contributed by atoms with van der Waals surface area (Å²) in [6.45, 7) is 13.1. The Labute approximate surface area is 505 Å². The van der Waals surface area contributed by atoms with Gasteiger partial charge in [0.05, 0.1) is 25.1 Å². The molecule has 0 saturated heterocycles. The van der Waals surface area contributed by atoms with Crippen molar-refractivity contribution in [2.24, 2.45) is 0 Å². The number of benzene rings is 8. The molecule has 0 bridgehead atoms. The summed E-state index contributed by atoms with van der Waals surface area (Å²) in [6.07, 6.45) is 1.06. The van der Waals surface area contributed by atoms with Crippen LogP contribution < -0.4 is 0 Å². The predicted molar refractivity (Wildman–Crippen MR) is 367 cm³/mol. The van der Waals surface area contributed by atoms with Crippen LogP contribution in [0.4, 0.5) is 0 Å². The second-order valence-corrected chi connectivity index (χ2v) is 33.4. The van der Waals surface area contributed by atoms with Gasteiger partial charge in [-0.3, -0.25) is 0 Å². The molecule has 1 aliphatic rings. The Balaban J connectivity index is 0.000000122. The number of hydrogen-bond acceptors (Lipinski definition) is 7. The normalized spacial score (nSPS) is 13.0. The Morgan fingerprint density at radius 1 is 0.354 bits per heavy atom. The fraction of sp³-hybridized carbons (Fsp3) is 0.0986. The minimum atomic E-state index is 0.372. The number of fused-ring (bicyclic) bond motifs is 28. The van der Waals surface area contributed by atoms with Crippen molar-refractivity contribution in [3.63, 3.8) is 0 Å². The van der Waals surface area contributed by atoms with E-state index in [1.54, 1.807) is 32.9 Å². The third kappa shape index (κ3) is 6.61. The molecule has 11 heteroatoms. The van der Waals surface area contributed by atoms with Gasteiger partial charge in [0.1, 0.15) is 0 Å². The average molecular weight is 1290 g/mol. The Morgan fingerprint density at radius 2 is 0.915 bits per heavy atom. The fourth-order valence-electron chi connectivity index (χ4n) is 13.3. The molecule has 82 heavy (non-hydrogen) atoms. The number of hydrogen-bond donors (Lipinski definition) is 0. The molecule has 11 aromatic heterocycles. The summed E-state index contributed by atoms with van der Waals surface area (Å²) in [6, 6.07) is 55.5. The summed E-state index contributed by atoms with van der Waals surface area (Å²) in [5.41, 5.74) is 20.4. The molecular formula is C71H44N2OS6Se2. The predicted octanol–water partition coefficient (Wildman–Crippen LogP) is 22.6. The Morgan fingerprint density at radius 3 is 1.70 bits per heavy atom. The number of thiophene rings is 6. The second kappa shape index (κ2) is 17.1. The van der Waals surface area contributed by atoms with Crippen molar-refractivity contribution in [1.29, 1.82) is 0 Å². The van der Waals surface area contributed by atoms with Gasteiger partial charge in [-0.15, -0.1) is 45.3 Å². The maximum absolute atomic E-state index is 6.64. The van der Waals surface area contributed by atoms with Crippen molar-refractivity contribution in [1.82, 2.24) is 9.13 Å². The molecule has 0 spiro atoms. The monoisotopic (exact) mass is 1290 g/mol. The number of rotatable bonds is 2. The Kier molecular flexibility index (Phi) is 9.96. The molecule has 0 unspecified atom stereocenters. The van der Waals surface area contributed by atoms with Gasteiger partial charge < -0.3 is 4.57 Å². The summed E-state index contributed by atoms with van der Waals surface area (Å²) in [4.78, 5) is 3.01. The van der Waals surface area contributed by atoms with E-state index in [1.165, 1.54) is 162 Å². The first-order valence-electron chi connectivity index (χ1n) is 27.6. The first-order chi connectivity index (χ1) is 40.0. The van der Waals surface area contributed by atoms with Crippen LogP contribution >= 0.6 is 68.0 Å². The molecule has 0 fully saturated rings. The van der Waals surface area contributed by atoms with Crippen LogP contribution in [-0.4, -0.2) is 38.1 Å². The van der Waals surface area contributed by atoms with E-state index in [1.807, 2.05) is 68.0 Å². The van der Waals surface area contributed by atoms with Crippen LogP contribution in [0.2, 0.25) is 0 Å². The number of aryl methyl sites for hydroxylation is 6. The molecule has 0 aliphatic heterocycles. The molecule has 0 radical (unpaired) electrons. The molecule has 1 aliphatic carbocycles. The van der Waals surface area contributed by atoms with E-state index in [9.17, 15) is 0 Å². The van der Waals surface area contributed by atoms with Gasteiger partial charge in [0.2, 0.25) is 0 Å². The number of furan rings is 1. The van der Waals surface area contributed by atoms with Crippen LogP contribution in [0.25, 0.3) is 161 Å². The Hall–Kier alpha value is -6.56. The number of nitrogens with zero attached hydrogens (tertiary/aromatic N) is 2. The summed E-state index contributed by atoms with van der Waals surface area (Å²) in [7, 11) is 0. The summed E-state index contributed by atoms with van der Waals surface area (Å²) < 4.78 is 32.2. The van der Waals surface area contributed by atoms with Gasteiger partial charge in [-0.2, -0.15) is 0 Å². The molecule has 11 heterocycles. The topological polar surface area (TPSA) is 23.0 Å². The largest absolute Gasteiger partial charge is 0.307 e. The molecule has 20 rings (SSSR count). The van der Waals surface area contributed by atoms with E-state index < -0.39 is 0 Å². The molecule has 3 nitrogen and oxygen atoms in total. The third-order valence-corrected chi connectivity index (χ3v) is 31.0. The van der Waals surface area contributed by atoms with Crippen LogP contribution in [-0.2, 0) is 6.42 Å². The SMILES string of the molecule is Cc1ccc(-n2c3c4ccc(C)cc4oc3c3sc4cc5c(cc4c32)sc2c5[se]c3c4ccc(C)cc4[se]c23)cc1.Cc1ccc(-n2c3cc(C)ccc3c3sc4c5cc6sc7c(c6cc5sc4c32)Cc2c-7sc3cc(C)ccc23)cc1. The zero-order chi connectivity index (χ0) is 54.3. The van der Waals surface area contributed by atoms with E-state index in [2.05, 4.69) is 196 Å². The van der Waals surface area contributed by atoms with Gasteiger partial charge in [-0.25, -0.2) is 0 Å². The van der Waals surface area contributed by atoms with E-state index in [0.717, 1.165) is 17.6 Å². The van der Waals surface area contributed by atoms with Crippen LogP contribution in [0.15, 0.2) is 150 Å². The van der Waals surface area contributed by atoms with Crippen molar-refractivity contribution in [2.75, 3.05) is 0 Å². The molecular weight excluding hydrogens is 1250 g/mol. The zero-order valence-electron chi connectivity index (χ0n) is 45.1. The van der Waals surface area contributed by atoms with Crippen molar-refractivity contribution in [2.45, 2.75) is 48.0 Å². The summed E-state index contributed by atoms with van der Waals surface area (Å²) in [5, 5.41) is 11.2. The van der Waals surface area contributed by atoms with Crippen LogP contribution in [0.5, 0.6) is 0 Å². The summed E-state index contributed by atoms with van der Waals surface area (Å²) >= 11 is 12.7. The maximum Gasteiger partial charge on any atom is 0.0829 e. The summed E-state index contributed by atoms with van der Waals surface area (Å²) in [5.74, 6) is 0. The van der Waals surface area contributed by atoms with Gasteiger partial charge in [-0.1, -0.05) is 42.0 Å². The molecule has 0 N–H and O–H groups in total. The van der Waals surface area contributed by atoms with E-state index >= 15 is 0 Å². The van der Waals surface area contributed by atoms with Crippen molar-refractivity contribution in [3.05, 3.63) is 190 Å². The van der Waals surface area contributed by atoms with Gasteiger partial charge in [0, 0.05) is 46.7 Å². The average Bonchev–Trinajstić information content (AvgIpc) is 1.76. The van der Waals surface area contributed by atoms with Crippen LogP contribution in [0.1, 0.15) is 44.5 Å². The van der Waals surface area contributed by atoms with Gasteiger partial charge >= 0.3 is 256 Å². The van der Waals surface area contributed by atoms with Crippen molar-refractivity contribution >= 4 is 237 Å². The molecule has 19 aromatic rings. The van der Waals surface area contributed by atoms with Gasteiger partial charge in [-0.05, 0) is 90.2 Å². The number of aromatic nitrogens is 2. The first kappa shape index (κ1) is 47.9. The van der Waals surface area contributed by atoms with E-state index in [0.29, 0.717) is 29.0 Å². The minimum absolute atomic E-state index is 0.372. The molecule has 0 saturated carbocycles. The standard InChI is InChI=1S/C36H23NS4.C35H21NOS2Se2/c1-17-4-8-20(9-5-17)37-27-12-18(2)7-11-22(27)32-31(37)36-35(41-32)26-16-29-23(15-30(26)40-36)25-14-24-21-10-6-19(3)13-28(21)38-33(24)34(25)39-29;1-16-4-8-19(9-5-16)36-28-20-10-6-17(2)12-24(20)37-30(28)31-29(36)22-14-26-23(15-25(22)38-31)33-32(39-26)35-34(41-33)21-11-7-18(3)13-27(21)40-35/h4-13,15-16H,14H2,1-3H3;4-15H,1-3H3. The molecule has 0 atom stereocenters. The Bertz CT molecular complexity index is 6040. The molecule has 0 amide bonds. The van der Waals surface area contributed by atoms with Gasteiger partial charge in [0.15, 0.2) is 0 Å². The zero-order valence-corrected chi connectivity index (χ0v) is 53.5. The maximum atomic E-state index is 6.64.